The number of H-pyrrole nitrogens is 1. The first kappa shape index (κ1) is 6.88. The van der Waals surface area contributed by atoms with Crippen molar-refractivity contribution in [3.05, 3.63) is 32.9 Å². The van der Waals surface area contributed by atoms with Gasteiger partial charge in [-0.05, 0) is 11.4 Å². The molecule has 2 aromatic rings. The van der Waals surface area contributed by atoms with Gasteiger partial charge in [-0.25, -0.2) is 0 Å². The van der Waals surface area contributed by atoms with E-state index in [4.69, 9.17) is 11.6 Å². The van der Waals surface area contributed by atoms with Crippen molar-refractivity contribution in [3.63, 3.8) is 0 Å². The number of hydrogen-bond donors (Lipinski definition) is 1. The zero-order valence-corrected chi connectivity index (χ0v) is 7.00. The van der Waals surface area contributed by atoms with E-state index in [1.165, 1.54) is 17.4 Å². The van der Waals surface area contributed by atoms with Crippen molar-refractivity contribution < 1.29 is 0 Å². The van der Waals surface area contributed by atoms with Crippen molar-refractivity contribution in [1.29, 1.82) is 0 Å². The monoisotopic (exact) mass is 185 g/mol. The van der Waals surface area contributed by atoms with Crippen molar-refractivity contribution in [3.8, 4) is 0 Å². The summed E-state index contributed by atoms with van der Waals surface area (Å²) in [5, 5.41) is 2.25. The molecule has 0 unspecified atom stereocenters. The molecule has 11 heavy (non-hydrogen) atoms. The van der Waals surface area contributed by atoms with Crippen LogP contribution < -0.4 is 5.43 Å². The first-order valence-corrected chi connectivity index (χ1v) is 4.29. The molecular weight excluding hydrogens is 182 g/mol. The number of fused-ring (bicyclic) bond motifs is 1. The molecule has 0 saturated heterocycles. The zero-order chi connectivity index (χ0) is 7.84. The summed E-state index contributed by atoms with van der Waals surface area (Å²) in [5.41, 5.74) is 0.797. The minimum Gasteiger partial charge on any atom is -0.345 e. The Morgan fingerprint density at radius 3 is 3.18 bits per heavy atom. The fraction of sp³-hybridized carbons (Fsp3) is 0. The van der Waals surface area contributed by atoms with Gasteiger partial charge in [-0.3, -0.25) is 4.79 Å². The second-order valence-corrected chi connectivity index (χ2v) is 3.47. The van der Waals surface area contributed by atoms with Crippen molar-refractivity contribution in [2.24, 2.45) is 0 Å². The third-order valence-electron chi connectivity index (χ3n) is 1.40. The number of halogens is 1. The summed E-state index contributed by atoms with van der Waals surface area (Å²) < 4.78 is 0.731. The maximum Gasteiger partial charge on any atom is 0.200 e. The van der Waals surface area contributed by atoms with Crippen LogP contribution in [0.4, 0.5) is 0 Å². The van der Waals surface area contributed by atoms with Gasteiger partial charge in [0, 0.05) is 6.07 Å². The number of rotatable bonds is 0. The van der Waals surface area contributed by atoms with Gasteiger partial charge in [-0.15, -0.1) is 11.3 Å². The first-order chi connectivity index (χ1) is 5.27. The van der Waals surface area contributed by atoms with Crippen LogP contribution in [0.15, 0.2) is 22.3 Å². The fourth-order valence-corrected chi connectivity index (χ4v) is 1.91. The number of hydrogen-bond acceptors (Lipinski definition) is 2. The Hall–Kier alpha value is -0.800. The number of pyridine rings is 1. The van der Waals surface area contributed by atoms with Crippen LogP contribution >= 0.6 is 22.9 Å². The van der Waals surface area contributed by atoms with Gasteiger partial charge in [-0.1, -0.05) is 11.6 Å². The Morgan fingerprint density at radius 2 is 2.36 bits per heavy atom. The Kier molecular flexibility index (Phi) is 1.47. The molecule has 0 radical (unpaired) electrons. The average molecular weight is 186 g/mol. The summed E-state index contributed by atoms with van der Waals surface area (Å²) in [7, 11) is 0. The Bertz CT molecular complexity index is 445. The lowest BCUT2D eigenvalue weighted by Crippen LogP contribution is -1.97. The van der Waals surface area contributed by atoms with Gasteiger partial charge in [0.2, 0.25) is 5.43 Å². The number of nitrogens with one attached hydrogen (secondary N) is 1. The molecule has 0 aliphatic carbocycles. The highest BCUT2D eigenvalue weighted by Gasteiger charge is 1.99. The molecule has 0 spiro atoms. The highest BCUT2D eigenvalue weighted by Crippen LogP contribution is 2.15. The molecule has 2 rings (SSSR count). The van der Waals surface area contributed by atoms with Gasteiger partial charge in [0.05, 0.1) is 10.2 Å². The highest BCUT2D eigenvalue weighted by atomic mass is 35.5. The minimum absolute atomic E-state index is 0.0150. The number of aromatic nitrogens is 1. The molecule has 0 fully saturated rings. The molecular formula is C7H4ClNOS. The van der Waals surface area contributed by atoms with Crippen LogP contribution in [0, 0.1) is 0 Å². The molecule has 4 heteroatoms. The van der Waals surface area contributed by atoms with E-state index in [-0.39, 0.29) is 5.43 Å². The van der Waals surface area contributed by atoms with E-state index in [1.807, 2.05) is 11.4 Å². The first-order valence-electron chi connectivity index (χ1n) is 3.03. The lowest BCUT2D eigenvalue weighted by atomic mass is 10.4. The molecule has 0 bridgehead atoms. The Morgan fingerprint density at radius 1 is 1.55 bits per heavy atom. The molecule has 0 aromatic carbocycles. The number of aromatic amines is 1. The quantitative estimate of drug-likeness (QED) is 0.628. The van der Waals surface area contributed by atoms with Gasteiger partial charge in [0.25, 0.3) is 0 Å². The summed E-state index contributed by atoms with van der Waals surface area (Å²) in [6.45, 7) is 0. The van der Waals surface area contributed by atoms with Gasteiger partial charge >= 0.3 is 0 Å². The van der Waals surface area contributed by atoms with Gasteiger partial charge in [0.1, 0.15) is 5.15 Å². The third-order valence-corrected chi connectivity index (χ3v) is 2.53. The van der Waals surface area contributed by atoms with Crippen molar-refractivity contribution in [1.82, 2.24) is 4.98 Å². The summed E-state index contributed by atoms with van der Waals surface area (Å²) in [5.74, 6) is 0. The van der Waals surface area contributed by atoms with E-state index in [0.717, 1.165) is 10.2 Å². The topological polar surface area (TPSA) is 32.9 Å². The number of thiophene rings is 1. The lowest BCUT2D eigenvalue weighted by Gasteiger charge is -1.89. The van der Waals surface area contributed by atoms with Crippen LogP contribution in [0.3, 0.4) is 0 Å². The normalized spacial score (nSPS) is 10.6. The summed E-state index contributed by atoms with van der Waals surface area (Å²) in [6.07, 6.45) is 0. The van der Waals surface area contributed by atoms with E-state index in [0.29, 0.717) is 5.15 Å². The van der Waals surface area contributed by atoms with Crippen molar-refractivity contribution >= 4 is 33.2 Å². The van der Waals surface area contributed by atoms with Crippen molar-refractivity contribution in [2.75, 3.05) is 0 Å². The molecule has 0 aliphatic rings. The molecule has 2 heterocycles. The Labute approximate surface area is 71.4 Å². The van der Waals surface area contributed by atoms with Gasteiger partial charge in [-0.2, -0.15) is 0 Å². The van der Waals surface area contributed by atoms with E-state index >= 15 is 0 Å². The lowest BCUT2D eigenvalue weighted by molar-refractivity contribution is 1.41. The summed E-state index contributed by atoms with van der Waals surface area (Å²) in [4.78, 5) is 14.1. The Balaban J connectivity index is 3.02. The second kappa shape index (κ2) is 2.36. The second-order valence-electron chi connectivity index (χ2n) is 2.14. The predicted molar refractivity (Wildman–Crippen MR) is 47.5 cm³/mol. The van der Waals surface area contributed by atoms with Crippen LogP contribution in [0.1, 0.15) is 0 Å². The van der Waals surface area contributed by atoms with Crippen LogP contribution in [0.25, 0.3) is 10.2 Å². The maximum atomic E-state index is 11.2. The molecule has 2 nitrogen and oxygen atoms in total. The fourth-order valence-electron chi connectivity index (χ4n) is 0.944. The van der Waals surface area contributed by atoms with E-state index in [2.05, 4.69) is 4.98 Å². The van der Waals surface area contributed by atoms with E-state index in [9.17, 15) is 4.79 Å². The predicted octanol–water partition coefficient (Wildman–Crippen LogP) is 2.24. The maximum absolute atomic E-state index is 11.2. The standard InChI is InChI=1S/C7H4ClNOS/c8-6-3-5(10)7-4(9-6)1-2-11-7/h1-3H,(H,9,10). The van der Waals surface area contributed by atoms with E-state index in [1.54, 1.807) is 0 Å². The molecule has 0 atom stereocenters. The summed E-state index contributed by atoms with van der Waals surface area (Å²) >= 11 is 7.05. The van der Waals surface area contributed by atoms with Gasteiger partial charge < -0.3 is 4.98 Å². The van der Waals surface area contributed by atoms with Crippen LogP contribution in [0.5, 0.6) is 0 Å². The largest absolute Gasteiger partial charge is 0.345 e. The molecule has 0 amide bonds. The van der Waals surface area contributed by atoms with Crippen LogP contribution in [-0.2, 0) is 0 Å². The minimum atomic E-state index is -0.0150. The molecule has 1 N–H and O–H groups in total. The third kappa shape index (κ3) is 1.06. The smallest absolute Gasteiger partial charge is 0.200 e. The molecule has 0 aliphatic heterocycles. The molecule has 0 saturated carbocycles. The zero-order valence-electron chi connectivity index (χ0n) is 5.43. The van der Waals surface area contributed by atoms with Crippen molar-refractivity contribution in [2.45, 2.75) is 0 Å². The average Bonchev–Trinajstić information content (AvgIpc) is 2.34. The van der Waals surface area contributed by atoms with Crippen LogP contribution in [0.2, 0.25) is 5.15 Å². The van der Waals surface area contributed by atoms with Crippen LogP contribution in [-0.4, -0.2) is 4.98 Å². The highest BCUT2D eigenvalue weighted by molar-refractivity contribution is 7.17. The van der Waals surface area contributed by atoms with Gasteiger partial charge in [0.15, 0.2) is 0 Å². The SMILES string of the molecule is O=c1cc(Cl)[nH]c2ccsc12. The summed E-state index contributed by atoms with van der Waals surface area (Å²) in [6, 6.07) is 3.23. The molecule has 56 valence electrons. The van der Waals surface area contributed by atoms with E-state index < -0.39 is 0 Å². The molecule has 2 aromatic heterocycles.